The minimum absolute atomic E-state index is 0.257. The molecule has 4 rings (SSSR count). The SMILES string of the molecule is OC(CNCC(O)[C@H]1CCc2cc(F)ccc2O1)[C@H]1CCc2cc(F)ccc2O1. The van der Waals surface area contributed by atoms with Gasteiger partial charge in [-0.25, -0.2) is 8.78 Å². The molecule has 2 aliphatic rings. The average Bonchev–Trinajstić information content (AvgIpc) is 2.72. The van der Waals surface area contributed by atoms with Crippen LogP contribution in [-0.2, 0) is 12.8 Å². The quantitative estimate of drug-likeness (QED) is 0.688. The lowest BCUT2D eigenvalue weighted by atomic mass is 9.98. The van der Waals surface area contributed by atoms with Gasteiger partial charge in [0.25, 0.3) is 0 Å². The first-order valence-electron chi connectivity index (χ1n) is 9.96. The van der Waals surface area contributed by atoms with E-state index in [0.29, 0.717) is 37.2 Å². The van der Waals surface area contributed by atoms with Crippen molar-refractivity contribution in [2.45, 2.75) is 50.1 Å². The lowest BCUT2D eigenvalue weighted by molar-refractivity contribution is 0.00892. The summed E-state index contributed by atoms with van der Waals surface area (Å²) in [6, 6.07) is 8.79. The van der Waals surface area contributed by atoms with Crippen LogP contribution in [0.25, 0.3) is 0 Å². The summed E-state index contributed by atoms with van der Waals surface area (Å²) >= 11 is 0. The monoisotopic (exact) mass is 405 g/mol. The fourth-order valence-electron chi connectivity index (χ4n) is 3.94. The molecule has 0 saturated heterocycles. The molecule has 0 spiro atoms. The molecular formula is C22H25F2NO4. The molecule has 3 N–H and O–H groups in total. The third-order valence-electron chi connectivity index (χ3n) is 5.56. The number of nitrogens with one attached hydrogen (secondary N) is 1. The van der Waals surface area contributed by atoms with E-state index >= 15 is 0 Å². The van der Waals surface area contributed by atoms with Gasteiger partial charge in [0.2, 0.25) is 0 Å². The van der Waals surface area contributed by atoms with Crippen LogP contribution in [0.5, 0.6) is 11.5 Å². The maximum atomic E-state index is 13.3. The molecule has 0 amide bonds. The minimum Gasteiger partial charge on any atom is -0.487 e. The van der Waals surface area contributed by atoms with Crippen LogP contribution in [0, 0.1) is 11.6 Å². The maximum Gasteiger partial charge on any atom is 0.126 e. The van der Waals surface area contributed by atoms with Gasteiger partial charge in [0.1, 0.15) is 47.5 Å². The molecule has 0 aliphatic carbocycles. The number of ether oxygens (including phenoxy) is 2. The number of aliphatic hydroxyl groups excluding tert-OH is 2. The van der Waals surface area contributed by atoms with E-state index in [2.05, 4.69) is 5.32 Å². The van der Waals surface area contributed by atoms with Crippen molar-refractivity contribution < 1.29 is 28.5 Å². The van der Waals surface area contributed by atoms with Crippen molar-refractivity contribution in [3.63, 3.8) is 0 Å². The third-order valence-corrected chi connectivity index (χ3v) is 5.56. The molecule has 2 unspecified atom stereocenters. The highest BCUT2D eigenvalue weighted by molar-refractivity contribution is 5.36. The summed E-state index contributed by atoms with van der Waals surface area (Å²) in [5.41, 5.74) is 1.62. The molecule has 4 atom stereocenters. The van der Waals surface area contributed by atoms with E-state index in [1.807, 2.05) is 0 Å². The Hall–Kier alpha value is -2.22. The van der Waals surface area contributed by atoms with Crippen molar-refractivity contribution in [1.82, 2.24) is 5.32 Å². The maximum absolute atomic E-state index is 13.3. The Morgan fingerprint density at radius 3 is 1.72 bits per heavy atom. The Kier molecular flexibility index (Phi) is 5.99. The van der Waals surface area contributed by atoms with E-state index in [9.17, 15) is 19.0 Å². The molecule has 0 radical (unpaired) electrons. The lowest BCUT2D eigenvalue weighted by Crippen LogP contribution is -2.46. The Morgan fingerprint density at radius 2 is 1.28 bits per heavy atom. The van der Waals surface area contributed by atoms with Crippen molar-refractivity contribution in [1.29, 1.82) is 0 Å². The smallest absolute Gasteiger partial charge is 0.126 e. The van der Waals surface area contributed by atoms with Crippen LogP contribution >= 0.6 is 0 Å². The summed E-state index contributed by atoms with van der Waals surface area (Å²) < 4.78 is 38.2. The number of halogens is 2. The van der Waals surface area contributed by atoms with Gasteiger partial charge in [0, 0.05) is 13.1 Å². The van der Waals surface area contributed by atoms with E-state index in [1.54, 1.807) is 12.1 Å². The molecule has 2 aliphatic heterocycles. The van der Waals surface area contributed by atoms with E-state index in [4.69, 9.17) is 9.47 Å². The Bertz CT molecular complexity index is 793. The van der Waals surface area contributed by atoms with E-state index in [0.717, 1.165) is 11.1 Å². The van der Waals surface area contributed by atoms with Crippen molar-refractivity contribution >= 4 is 0 Å². The topological polar surface area (TPSA) is 71.0 Å². The van der Waals surface area contributed by atoms with Gasteiger partial charge in [-0.2, -0.15) is 0 Å². The number of rotatable bonds is 6. The first kappa shape index (κ1) is 20.1. The third kappa shape index (κ3) is 4.69. The minimum atomic E-state index is -0.753. The molecule has 0 bridgehead atoms. The second-order valence-electron chi connectivity index (χ2n) is 7.69. The number of fused-ring (bicyclic) bond motifs is 2. The normalized spacial score (nSPS) is 22.6. The molecule has 5 nitrogen and oxygen atoms in total. The highest BCUT2D eigenvalue weighted by atomic mass is 19.1. The van der Waals surface area contributed by atoms with Crippen LogP contribution < -0.4 is 14.8 Å². The zero-order chi connectivity index (χ0) is 20.4. The van der Waals surface area contributed by atoms with Crippen LogP contribution in [0.2, 0.25) is 0 Å². The van der Waals surface area contributed by atoms with Gasteiger partial charge in [0.05, 0.1) is 0 Å². The van der Waals surface area contributed by atoms with Crippen molar-refractivity contribution in [2.24, 2.45) is 0 Å². The molecule has 2 heterocycles. The zero-order valence-corrected chi connectivity index (χ0v) is 16.0. The lowest BCUT2D eigenvalue weighted by Gasteiger charge is -2.31. The number of benzene rings is 2. The molecule has 0 fully saturated rings. The Balaban J connectivity index is 1.24. The fraction of sp³-hybridized carbons (Fsp3) is 0.455. The fourth-order valence-corrected chi connectivity index (χ4v) is 3.94. The highest BCUT2D eigenvalue weighted by Gasteiger charge is 2.29. The second-order valence-corrected chi connectivity index (χ2v) is 7.69. The largest absolute Gasteiger partial charge is 0.487 e. The standard InChI is InChI=1S/C22H25F2NO4/c23-15-3-7-19-13(9-15)1-5-21(28-19)17(26)11-25-12-18(27)22-6-2-14-10-16(24)4-8-20(14)29-22/h3-4,7-10,17-18,21-22,25-27H,1-2,5-6,11-12H2/t17?,18?,21-,22-/m1/s1. The van der Waals surface area contributed by atoms with Gasteiger partial charge in [-0.05, 0) is 73.2 Å². The number of aliphatic hydroxyl groups is 2. The van der Waals surface area contributed by atoms with Crippen LogP contribution in [0.15, 0.2) is 36.4 Å². The van der Waals surface area contributed by atoms with Gasteiger partial charge in [-0.1, -0.05) is 0 Å². The number of hydrogen-bond acceptors (Lipinski definition) is 5. The van der Waals surface area contributed by atoms with E-state index in [1.165, 1.54) is 24.3 Å². The van der Waals surface area contributed by atoms with Crippen molar-refractivity contribution in [3.05, 3.63) is 59.2 Å². The van der Waals surface area contributed by atoms with Crippen molar-refractivity contribution in [2.75, 3.05) is 13.1 Å². The molecule has 156 valence electrons. The van der Waals surface area contributed by atoms with Crippen LogP contribution in [0.1, 0.15) is 24.0 Å². The second kappa shape index (κ2) is 8.65. The first-order chi connectivity index (χ1) is 14.0. The molecule has 2 aromatic carbocycles. The summed E-state index contributed by atoms with van der Waals surface area (Å²) in [7, 11) is 0. The summed E-state index contributed by atoms with van der Waals surface area (Å²) in [5, 5.41) is 23.9. The predicted molar refractivity (Wildman–Crippen MR) is 103 cm³/mol. The Morgan fingerprint density at radius 1 is 0.828 bits per heavy atom. The van der Waals surface area contributed by atoms with Gasteiger partial charge in [-0.15, -0.1) is 0 Å². The van der Waals surface area contributed by atoms with E-state index in [-0.39, 0.29) is 36.9 Å². The first-order valence-corrected chi connectivity index (χ1v) is 9.96. The zero-order valence-electron chi connectivity index (χ0n) is 16.0. The molecular weight excluding hydrogens is 380 g/mol. The summed E-state index contributed by atoms with van der Waals surface area (Å²) in [6.07, 6.45) is 0.214. The van der Waals surface area contributed by atoms with Crippen LogP contribution in [0.3, 0.4) is 0 Å². The highest BCUT2D eigenvalue weighted by Crippen LogP contribution is 2.30. The van der Waals surface area contributed by atoms with Crippen molar-refractivity contribution in [3.8, 4) is 11.5 Å². The molecule has 2 aromatic rings. The summed E-state index contributed by atoms with van der Waals surface area (Å²) in [6.45, 7) is 0.513. The predicted octanol–water partition coefficient (Wildman–Crippen LogP) is 2.36. The summed E-state index contributed by atoms with van der Waals surface area (Å²) in [4.78, 5) is 0. The van der Waals surface area contributed by atoms with Crippen LogP contribution in [-0.4, -0.2) is 47.7 Å². The number of aryl methyl sites for hydroxylation is 2. The van der Waals surface area contributed by atoms with Gasteiger partial charge >= 0.3 is 0 Å². The van der Waals surface area contributed by atoms with E-state index < -0.39 is 12.2 Å². The Labute approximate surface area is 168 Å². The number of hydrogen-bond donors (Lipinski definition) is 3. The molecule has 0 aromatic heterocycles. The van der Waals surface area contributed by atoms with Gasteiger partial charge in [-0.3, -0.25) is 0 Å². The summed E-state index contributed by atoms with van der Waals surface area (Å²) in [5.74, 6) is 0.624. The van der Waals surface area contributed by atoms with Crippen LogP contribution in [0.4, 0.5) is 8.78 Å². The molecule has 7 heteroatoms. The van der Waals surface area contributed by atoms with Gasteiger partial charge in [0.15, 0.2) is 0 Å². The molecule has 29 heavy (non-hydrogen) atoms. The van der Waals surface area contributed by atoms with Gasteiger partial charge < -0.3 is 25.0 Å². The average molecular weight is 405 g/mol. The molecule has 0 saturated carbocycles.